The van der Waals surface area contributed by atoms with E-state index >= 15 is 0 Å². The maximum atomic E-state index is 13.7. The SMILES string of the molecule is CC(C)(CNCCCC#N)c1ccc(F)cc1F. The van der Waals surface area contributed by atoms with Crippen LogP contribution in [0.4, 0.5) is 8.78 Å². The third-order valence-corrected chi connectivity index (χ3v) is 2.87. The summed E-state index contributed by atoms with van der Waals surface area (Å²) in [5.74, 6) is -1.08. The Balaban J connectivity index is 2.60. The van der Waals surface area contributed by atoms with Crippen LogP contribution in [0.2, 0.25) is 0 Å². The van der Waals surface area contributed by atoms with Crippen LogP contribution in [0.1, 0.15) is 32.3 Å². The Morgan fingerprint density at radius 3 is 2.67 bits per heavy atom. The molecule has 0 amide bonds. The highest BCUT2D eigenvalue weighted by molar-refractivity contribution is 5.26. The highest BCUT2D eigenvalue weighted by atomic mass is 19.1. The van der Waals surface area contributed by atoms with Crippen LogP contribution < -0.4 is 5.32 Å². The first-order valence-electron chi connectivity index (χ1n) is 6.00. The molecule has 1 aromatic rings. The molecule has 0 spiro atoms. The van der Waals surface area contributed by atoms with Gasteiger partial charge in [0, 0.05) is 24.4 Å². The van der Waals surface area contributed by atoms with Crippen LogP contribution in [0.25, 0.3) is 0 Å². The Kier molecular flexibility index (Phi) is 5.24. The van der Waals surface area contributed by atoms with Crippen molar-refractivity contribution in [1.29, 1.82) is 5.26 Å². The lowest BCUT2D eigenvalue weighted by Crippen LogP contribution is -2.34. The summed E-state index contributed by atoms with van der Waals surface area (Å²) in [6, 6.07) is 5.74. The topological polar surface area (TPSA) is 35.8 Å². The molecular formula is C14H18F2N2. The number of nitrogens with one attached hydrogen (secondary N) is 1. The molecule has 0 saturated heterocycles. The van der Waals surface area contributed by atoms with E-state index in [0.29, 0.717) is 18.5 Å². The summed E-state index contributed by atoms with van der Waals surface area (Å²) in [6.45, 7) is 5.11. The van der Waals surface area contributed by atoms with E-state index in [0.717, 1.165) is 19.0 Å². The molecule has 0 fully saturated rings. The van der Waals surface area contributed by atoms with E-state index < -0.39 is 17.0 Å². The van der Waals surface area contributed by atoms with Gasteiger partial charge < -0.3 is 5.32 Å². The molecule has 98 valence electrons. The molecule has 0 atom stereocenters. The Labute approximate surface area is 107 Å². The zero-order valence-corrected chi connectivity index (χ0v) is 10.8. The fourth-order valence-electron chi connectivity index (χ4n) is 1.83. The number of nitrogens with zero attached hydrogens (tertiary/aromatic N) is 1. The van der Waals surface area contributed by atoms with E-state index in [-0.39, 0.29) is 0 Å². The molecule has 2 nitrogen and oxygen atoms in total. The number of benzene rings is 1. The fourth-order valence-corrected chi connectivity index (χ4v) is 1.83. The minimum atomic E-state index is -0.561. The Morgan fingerprint density at radius 2 is 2.06 bits per heavy atom. The average molecular weight is 252 g/mol. The van der Waals surface area contributed by atoms with Gasteiger partial charge in [0.15, 0.2) is 0 Å². The van der Waals surface area contributed by atoms with Crippen LogP contribution in [0, 0.1) is 23.0 Å². The molecule has 0 aromatic heterocycles. The predicted molar refractivity (Wildman–Crippen MR) is 67.1 cm³/mol. The molecule has 0 saturated carbocycles. The number of hydrogen-bond donors (Lipinski definition) is 1. The first-order chi connectivity index (χ1) is 8.47. The number of rotatable bonds is 6. The molecule has 0 aliphatic rings. The van der Waals surface area contributed by atoms with Crippen molar-refractivity contribution >= 4 is 0 Å². The van der Waals surface area contributed by atoms with Gasteiger partial charge in [0.1, 0.15) is 11.6 Å². The second-order valence-electron chi connectivity index (χ2n) is 4.95. The molecule has 0 radical (unpaired) electrons. The molecule has 1 rings (SSSR count). The lowest BCUT2D eigenvalue weighted by atomic mass is 9.84. The van der Waals surface area contributed by atoms with Crippen molar-refractivity contribution in [2.75, 3.05) is 13.1 Å². The van der Waals surface area contributed by atoms with Gasteiger partial charge in [-0.3, -0.25) is 0 Å². The zero-order chi connectivity index (χ0) is 13.6. The van der Waals surface area contributed by atoms with E-state index in [4.69, 9.17) is 5.26 Å². The second kappa shape index (κ2) is 6.46. The molecule has 0 unspecified atom stereocenters. The van der Waals surface area contributed by atoms with Crippen molar-refractivity contribution in [2.45, 2.75) is 32.1 Å². The first-order valence-corrected chi connectivity index (χ1v) is 6.00. The van der Waals surface area contributed by atoms with Crippen molar-refractivity contribution in [2.24, 2.45) is 0 Å². The molecule has 0 heterocycles. The van der Waals surface area contributed by atoms with E-state index in [1.165, 1.54) is 12.1 Å². The summed E-state index contributed by atoms with van der Waals surface area (Å²) in [4.78, 5) is 0. The van der Waals surface area contributed by atoms with Gasteiger partial charge >= 0.3 is 0 Å². The lowest BCUT2D eigenvalue weighted by molar-refractivity contribution is 0.440. The van der Waals surface area contributed by atoms with Crippen LogP contribution in [0.3, 0.4) is 0 Å². The summed E-state index contributed by atoms with van der Waals surface area (Å²) in [7, 11) is 0. The Bertz CT molecular complexity index is 436. The number of nitriles is 1. The number of halogens is 2. The van der Waals surface area contributed by atoms with Crippen molar-refractivity contribution in [3.63, 3.8) is 0 Å². The van der Waals surface area contributed by atoms with Gasteiger partial charge in [-0.15, -0.1) is 0 Å². The van der Waals surface area contributed by atoms with Crippen molar-refractivity contribution in [1.82, 2.24) is 5.32 Å². The average Bonchev–Trinajstić information content (AvgIpc) is 2.28. The minimum Gasteiger partial charge on any atom is -0.316 e. The third kappa shape index (κ3) is 4.08. The highest BCUT2D eigenvalue weighted by Crippen LogP contribution is 2.25. The van der Waals surface area contributed by atoms with Crippen LogP contribution in [0.5, 0.6) is 0 Å². The first kappa shape index (κ1) is 14.6. The number of hydrogen-bond acceptors (Lipinski definition) is 2. The molecule has 1 N–H and O–H groups in total. The second-order valence-corrected chi connectivity index (χ2v) is 4.95. The standard InChI is InChI=1S/C14H18F2N2/c1-14(2,10-18-8-4-3-7-17)12-6-5-11(15)9-13(12)16/h5-6,9,18H,3-4,8,10H2,1-2H3. The summed E-state index contributed by atoms with van der Waals surface area (Å²) in [5.41, 5.74) is 0.0847. The zero-order valence-electron chi connectivity index (χ0n) is 10.8. The molecule has 0 aliphatic carbocycles. The van der Waals surface area contributed by atoms with Gasteiger partial charge in [-0.2, -0.15) is 5.26 Å². The van der Waals surface area contributed by atoms with E-state index in [1.54, 1.807) is 0 Å². The largest absolute Gasteiger partial charge is 0.316 e. The van der Waals surface area contributed by atoms with Crippen molar-refractivity contribution in [3.8, 4) is 6.07 Å². The molecule has 18 heavy (non-hydrogen) atoms. The van der Waals surface area contributed by atoms with E-state index in [1.807, 2.05) is 13.8 Å². The quantitative estimate of drug-likeness (QED) is 0.789. The summed E-state index contributed by atoms with van der Waals surface area (Å²) >= 11 is 0. The van der Waals surface area contributed by atoms with Crippen molar-refractivity contribution in [3.05, 3.63) is 35.4 Å². The smallest absolute Gasteiger partial charge is 0.129 e. The maximum absolute atomic E-state index is 13.7. The third-order valence-electron chi connectivity index (χ3n) is 2.87. The lowest BCUT2D eigenvalue weighted by Gasteiger charge is -2.26. The van der Waals surface area contributed by atoms with Gasteiger partial charge in [0.25, 0.3) is 0 Å². The van der Waals surface area contributed by atoms with Crippen LogP contribution in [-0.4, -0.2) is 13.1 Å². The van der Waals surface area contributed by atoms with E-state index in [9.17, 15) is 8.78 Å². The van der Waals surface area contributed by atoms with Gasteiger partial charge in [-0.05, 0) is 24.6 Å². The molecule has 0 bridgehead atoms. The van der Waals surface area contributed by atoms with Crippen LogP contribution in [-0.2, 0) is 5.41 Å². The monoisotopic (exact) mass is 252 g/mol. The summed E-state index contributed by atoms with van der Waals surface area (Å²) in [5, 5.41) is 11.6. The van der Waals surface area contributed by atoms with Gasteiger partial charge in [-0.25, -0.2) is 8.78 Å². The highest BCUT2D eigenvalue weighted by Gasteiger charge is 2.23. The van der Waals surface area contributed by atoms with Gasteiger partial charge in [0.05, 0.1) is 6.07 Å². The minimum absolute atomic E-state index is 0.412. The Morgan fingerprint density at radius 1 is 1.33 bits per heavy atom. The van der Waals surface area contributed by atoms with Gasteiger partial charge in [-0.1, -0.05) is 19.9 Å². The summed E-state index contributed by atoms with van der Waals surface area (Å²) in [6.07, 6.45) is 1.29. The van der Waals surface area contributed by atoms with Gasteiger partial charge in [0.2, 0.25) is 0 Å². The normalized spacial score (nSPS) is 11.3. The van der Waals surface area contributed by atoms with Crippen LogP contribution >= 0.6 is 0 Å². The molecule has 4 heteroatoms. The summed E-state index contributed by atoms with van der Waals surface area (Å²) < 4.78 is 26.5. The van der Waals surface area contributed by atoms with E-state index in [2.05, 4.69) is 11.4 Å². The molecule has 1 aromatic carbocycles. The Hall–Kier alpha value is -1.47. The molecular weight excluding hydrogens is 234 g/mol. The number of unbranched alkanes of at least 4 members (excludes halogenated alkanes) is 1. The molecule has 0 aliphatic heterocycles. The van der Waals surface area contributed by atoms with Crippen LogP contribution in [0.15, 0.2) is 18.2 Å². The maximum Gasteiger partial charge on any atom is 0.129 e. The predicted octanol–water partition coefficient (Wildman–Crippen LogP) is 3.14. The van der Waals surface area contributed by atoms with Crippen molar-refractivity contribution < 1.29 is 8.78 Å². The fraction of sp³-hybridized carbons (Fsp3) is 0.500.